The molecule has 0 saturated heterocycles. The van der Waals surface area contributed by atoms with Gasteiger partial charge in [0.25, 0.3) is 10.1 Å². The highest BCUT2D eigenvalue weighted by Crippen LogP contribution is 2.56. The maximum absolute atomic E-state index is 12.9. The Morgan fingerprint density at radius 3 is 1.69 bits per heavy atom. The number of phenols is 2. The molecule has 3 rings (SSSR count). The highest BCUT2D eigenvalue weighted by molar-refractivity contribution is 7.87. The zero-order valence-electron chi connectivity index (χ0n) is 14.3. The summed E-state index contributed by atoms with van der Waals surface area (Å²) in [6, 6.07) is 13.0. The molecule has 0 fully saturated rings. The van der Waals surface area contributed by atoms with E-state index in [0.717, 1.165) is 0 Å². The minimum Gasteiger partial charge on any atom is -0.506 e. The molecule has 0 radical (unpaired) electrons. The molecule has 0 spiro atoms. The average Bonchev–Trinajstić information content (AvgIpc) is 2.69. The lowest BCUT2D eigenvalue weighted by atomic mass is 9.83. The Morgan fingerprint density at radius 1 is 0.690 bits per heavy atom. The van der Waals surface area contributed by atoms with Gasteiger partial charge in [0.05, 0.1) is 10.6 Å². The lowest BCUT2D eigenvalue weighted by molar-refractivity contribution is 0.435. The first kappa shape index (κ1) is 22.0. The maximum Gasteiger partial charge on any atom is 0.283 e. The molecule has 0 aliphatic carbocycles. The Kier molecular flexibility index (Phi) is 5.98. The smallest absolute Gasteiger partial charge is 0.283 e. The largest absolute Gasteiger partial charge is 0.506 e. The van der Waals surface area contributed by atoms with Gasteiger partial charge >= 0.3 is 0 Å². The van der Waals surface area contributed by atoms with Crippen LogP contribution in [0.15, 0.2) is 54.6 Å². The van der Waals surface area contributed by atoms with Crippen LogP contribution in [0.25, 0.3) is 0 Å². The van der Waals surface area contributed by atoms with Crippen LogP contribution in [0.5, 0.6) is 11.5 Å². The van der Waals surface area contributed by atoms with Crippen molar-refractivity contribution in [2.24, 2.45) is 0 Å². The number of aromatic hydroxyl groups is 2. The quantitative estimate of drug-likeness (QED) is 0.182. The molecule has 5 nitrogen and oxygen atoms in total. The Hall–Kier alpha value is -1.67. The highest BCUT2D eigenvalue weighted by Gasteiger charge is 2.52. The van der Waals surface area contributed by atoms with E-state index in [2.05, 4.69) is 0 Å². The molecular formula is C19H12Cl4O5S. The van der Waals surface area contributed by atoms with Gasteiger partial charge in [-0.25, -0.2) is 0 Å². The third-order valence-corrected chi connectivity index (χ3v) is 7.34. The summed E-state index contributed by atoms with van der Waals surface area (Å²) >= 11 is 24.1. The highest BCUT2D eigenvalue weighted by atomic mass is 35.5. The van der Waals surface area contributed by atoms with E-state index in [1.165, 1.54) is 48.5 Å². The van der Waals surface area contributed by atoms with Gasteiger partial charge in [0.2, 0.25) is 0 Å². The van der Waals surface area contributed by atoms with Crippen molar-refractivity contribution < 1.29 is 23.2 Å². The number of hydrogen-bond donors (Lipinski definition) is 3. The minimum absolute atomic E-state index is 0.00871. The molecule has 3 aromatic carbocycles. The summed E-state index contributed by atoms with van der Waals surface area (Å²) in [4.78, 5) is 0. The van der Waals surface area contributed by atoms with Gasteiger partial charge in [-0.05, 0) is 23.3 Å². The molecular weight excluding hydrogens is 482 g/mol. The first-order valence-electron chi connectivity index (χ1n) is 7.91. The lowest BCUT2D eigenvalue weighted by Gasteiger charge is -2.34. The number of phenolic OH excluding ortho intramolecular Hbond substituents is 2. The van der Waals surface area contributed by atoms with Crippen molar-refractivity contribution in [3.05, 3.63) is 91.4 Å². The standard InChI is InChI=1S/C19H12Cl4O5S/c20-12-8-6-11(7-9-12)19(29(26,27)28,10-4-2-1-3-5-10)13-14(21)18(25)16(23)15(22)17(13)24/h1-9,24-25H,(H,26,27,28). The van der Waals surface area contributed by atoms with Crippen LogP contribution < -0.4 is 0 Å². The monoisotopic (exact) mass is 492 g/mol. The van der Waals surface area contributed by atoms with Crippen molar-refractivity contribution in [3.8, 4) is 11.5 Å². The van der Waals surface area contributed by atoms with Crippen molar-refractivity contribution in [3.63, 3.8) is 0 Å². The van der Waals surface area contributed by atoms with E-state index in [-0.39, 0.29) is 11.1 Å². The zero-order valence-corrected chi connectivity index (χ0v) is 18.1. The van der Waals surface area contributed by atoms with Gasteiger partial charge in [-0.3, -0.25) is 4.55 Å². The van der Waals surface area contributed by atoms with E-state index in [4.69, 9.17) is 46.4 Å². The molecule has 10 heteroatoms. The molecule has 29 heavy (non-hydrogen) atoms. The molecule has 1 atom stereocenters. The van der Waals surface area contributed by atoms with E-state index in [0.29, 0.717) is 5.02 Å². The molecule has 152 valence electrons. The molecule has 0 aliphatic rings. The Labute approximate surface area is 186 Å². The topological polar surface area (TPSA) is 94.8 Å². The van der Waals surface area contributed by atoms with Gasteiger partial charge in [-0.1, -0.05) is 88.9 Å². The van der Waals surface area contributed by atoms with Crippen LogP contribution in [0.4, 0.5) is 0 Å². The van der Waals surface area contributed by atoms with Crippen molar-refractivity contribution in [2.45, 2.75) is 4.75 Å². The SMILES string of the molecule is O=S(=O)(O)C(c1ccccc1)(c1ccc(Cl)cc1)c1c(O)c(Cl)c(Cl)c(O)c1Cl. The van der Waals surface area contributed by atoms with Crippen LogP contribution in [-0.4, -0.2) is 23.2 Å². The maximum atomic E-state index is 12.9. The summed E-state index contributed by atoms with van der Waals surface area (Å²) in [6.45, 7) is 0. The van der Waals surface area contributed by atoms with Crippen LogP contribution in [0, 0.1) is 0 Å². The second kappa shape index (κ2) is 7.87. The van der Waals surface area contributed by atoms with E-state index in [1.54, 1.807) is 6.07 Å². The van der Waals surface area contributed by atoms with Crippen LogP contribution in [0.1, 0.15) is 16.7 Å². The summed E-state index contributed by atoms with van der Waals surface area (Å²) in [5, 5.41) is 19.8. The van der Waals surface area contributed by atoms with Gasteiger partial charge in [0.1, 0.15) is 15.8 Å². The Bertz CT molecular complexity index is 1150. The Balaban J connectivity index is 2.64. The number of rotatable bonds is 4. The van der Waals surface area contributed by atoms with Gasteiger partial charge in [0, 0.05) is 5.02 Å². The first-order chi connectivity index (χ1) is 13.5. The minimum atomic E-state index is -5.09. The van der Waals surface area contributed by atoms with Crippen LogP contribution in [0.3, 0.4) is 0 Å². The predicted molar refractivity (Wildman–Crippen MR) is 114 cm³/mol. The van der Waals surface area contributed by atoms with Crippen LogP contribution >= 0.6 is 46.4 Å². The second-order valence-corrected chi connectivity index (χ2v) is 9.18. The summed E-state index contributed by atoms with van der Waals surface area (Å²) < 4.78 is 33.9. The second-order valence-electron chi connectivity index (χ2n) is 6.04. The number of benzene rings is 3. The fraction of sp³-hybridized carbons (Fsp3) is 0.0526. The summed E-state index contributed by atoms with van der Waals surface area (Å²) in [5.41, 5.74) is -0.535. The van der Waals surface area contributed by atoms with E-state index < -0.39 is 47.0 Å². The molecule has 1 unspecified atom stereocenters. The zero-order chi connectivity index (χ0) is 21.6. The Morgan fingerprint density at radius 2 is 1.17 bits per heavy atom. The summed E-state index contributed by atoms with van der Waals surface area (Å²) in [6.07, 6.45) is 0. The molecule has 3 aromatic rings. The molecule has 0 saturated carbocycles. The summed E-state index contributed by atoms with van der Waals surface area (Å²) in [5.74, 6) is -1.56. The van der Waals surface area contributed by atoms with Crippen LogP contribution in [0.2, 0.25) is 20.1 Å². The first-order valence-corrected chi connectivity index (χ1v) is 10.9. The van der Waals surface area contributed by atoms with E-state index in [1.807, 2.05) is 0 Å². The van der Waals surface area contributed by atoms with Gasteiger partial charge in [-0.2, -0.15) is 8.42 Å². The molecule has 3 N–H and O–H groups in total. The molecule has 0 aromatic heterocycles. The third-order valence-electron chi connectivity index (χ3n) is 4.44. The van der Waals surface area contributed by atoms with E-state index in [9.17, 15) is 23.2 Å². The van der Waals surface area contributed by atoms with Crippen molar-refractivity contribution >= 4 is 56.5 Å². The third kappa shape index (κ3) is 3.44. The fourth-order valence-corrected chi connectivity index (χ4v) is 5.45. The van der Waals surface area contributed by atoms with E-state index >= 15 is 0 Å². The average molecular weight is 494 g/mol. The number of hydrogen-bond acceptors (Lipinski definition) is 4. The normalized spacial score (nSPS) is 13.8. The molecule has 0 aliphatic heterocycles. The van der Waals surface area contributed by atoms with Gasteiger partial charge in [-0.15, -0.1) is 0 Å². The lowest BCUT2D eigenvalue weighted by Crippen LogP contribution is -2.38. The molecule has 0 heterocycles. The number of halogens is 4. The summed E-state index contributed by atoms with van der Waals surface area (Å²) in [7, 11) is -5.09. The van der Waals surface area contributed by atoms with Gasteiger partial charge in [0.15, 0.2) is 10.5 Å². The molecule has 0 bridgehead atoms. The predicted octanol–water partition coefficient (Wildman–Crippen LogP) is 5.89. The van der Waals surface area contributed by atoms with Crippen molar-refractivity contribution in [1.29, 1.82) is 0 Å². The van der Waals surface area contributed by atoms with Crippen molar-refractivity contribution in [1.82, 2.24) is 0 Å². The van der Waals surface area contributed by atoms with Crippen LogP contribution in [-0.2, 0) is 14.9 Å². The van der Waals surface area contributed by atoms with Crippen molar-refractivity contribution in [2.75, 3.05) is 0 Å². The fourth-order valence-electron chi connectivity index (χ4n) is 3.20. The van der Waals surface area contributed by atoms with Gasteiger partial charge < -0.3 is 10.2 Å². The molecule has 0 amide bonds.